The highest BCUT2D eigenvalue weighted by Crippen LogP contribution is 2.26. The highest BCUT2D eigenvalue weighted by atomic mass is 32.2. The van der Waals surface area contributed by atoms with Crippen LogP contribution >= 0.6 is 0 Å². The second kappa shape index (κ2) is 6.35. The number of sulfonamides is 1. The summed E-state index contributed by atoms with van der Waals surface area (Å²) in [5, 5.41) is 0. The fourth-order valence-corrected chi connectivity index (χ4v) is 5.87. The van der Waals surface area contributed by atoms with Crippen LogP contribution in [0, 0.1) is 0 Å². The van der Waals surface area contributed by atoms with Gasteiger partial charge in [-0.3, -0.25) is 0 Å². The molecule has 0 aromatic carbocycles. The lowest BCUT2D eigenvalue weighted by molar-refractivity contribution is 0.117. The number of urea groups is 1. The molecule has 0 aromatic rings. The van der Waals surface area contributed by atoms with Gasteiger partial charge in [-0.15, -0.1) is 0 Å². The van der Waals surface area contributed by atoms with Gasteiger partial charge in [-0.1, -0.05) is 12.8 Å². The third-order valence-electron chi connectivity index (χ3n) is 5.39. The number of nitrogens with zero attached hydrogens (tertiary/aromatic N) is 3. The third-order valence-corrected chi connectivity index (χ3v) is 7.39. The molecule has 0 bridgehead atoms. The lowest BCUT2D eigenvalue weighted by atomic mass is 10.1. The van der Waals surface area contributed by atoms with Gasteiger partial charge in [0.05, 0.1) is 5.75 Å². The Bertz CT molecular complexity index is 516. The summed E-state index contributed by atoms with van der Waals surface area (Å²) in [4.78, 5) is 16.4. The Kier molecular flexibility index (Phi) is 4.64. The van der Waals surface area contributed by atoms with Gasteiger partial charge in [0.25, 0.3) is 0 Å². The second-order valence-corrected chi connectivity index (χ2v) is 8.90. The topological polar surface area (TPSA) is 60.9 Å². The molecular weight excluding hydrogens is 302 g/mol. The summed E-state index contributed by atoms with van der Waals surface area (Å²) >= 11 is 0. The van der Waals surface area contributed by atoms with Crippen molar-refractivity contribution in [1.29, 1.82) is 0 Å². The van der Waals surface area contributed by atoms with Crippen LogP contribution in [0.5, 0.6) is 0 Å². The number of amides is 2. The molecule has 3 aliphatic rings. The standard InChI is InChI=1S/C15H27N3O3S/c1-16(13-6-2-3-7-13)15(19)17-9-4-8-14(12-17)18-10-5-11-22(18,20)21/h13-14H,2-12H2,1H3/t14-/m0/s1. The van der Waals surface area contributed by atoms with Gasteiger partial charge in [0, 0.05) is 38.8 Å². The molecule has 0 spiro atoms. The summed E-state index contributed by atoms with van der Waals surface area (Å²) in [5.74, 6) is 0.263. The van der Waals surface area contributed by atoms with Crippen molar-refractivity contribution in [2.75, 3.05) is 32.4 Å². The average Bonchev–Trinajstić information content (AvgIpc) is 3.15. The Morgan fingerprint density at radius 1 is 1.05 bits per heavy atom. The smallest absolute Gasteiger partial charge is 0.320 e. The zero-order valence-electron chi connectivity index (χ0n) is 13.4. The van der Waals surface area contributed by atoms with Gasteiger partial charge < -0.3 is 9.80 Å². The monoisotopic (exact) mass is 329 g/mol. The van der Waals surface area contributed by atoms with E-state index in [0.717, 1.165) is 38.6 Å². The van der Waals surface area contributed by atoms with Crippen LogP contribution in [-0.2, 0) is 10.0 Å². The van der Waals surface area contributed by atoms with Gasteiger partial charge >= 0.3 is 6.03 Å². The molecule has 126 valence electrons. The van der Waals surface area contributed by atoms with E-state index < -0.39 is 10.0 Å². The molecule has 2 amide bonds. The molecule has 0 N–H and O–H groups in total. The van der Waals surface area contributed by atoms with E-state index >= 15 is 0 Å². The molecule has 1 saturated carbocycles. The predicted molar refractivity (Wildman–Crippen MR) is 85.1 cm³/mol. The molecule has 3 fully saturated rings. The van der Waals surface area contributed by atoms with Crippen LogP contribution in [0.15, 0.2) is 0 Å². The molecule has 7 heteroatoms. The van der Waals surface area contributed by atoms with Gasteiger partial charge in [-0.2, -0.15) is 4.31 Å². The summed E-state index contributed by atoms with van der Waals surface area (Å²) in [6.07, 6.45) is 7.08. The van der Waals surface area contributed by atoms with Crippen LogP contribution in [0.3, 0.4) is 0 Å². The van der Waals surface area contributed by atoms with E-state index in [-0.39, 0.29) is 17.8 Å². The summed E-state index contributed by atoms with van der Waals surface area (Å²) in [6.45, 7) is 1.92. The van der Waals surface area contributed by atoms with Crippen LogP contribution in [0.2, 0.25) is 0 Å². The van der Waals surface area contributed by atoms with Crippen molar-refractivity contribution in [3.05, 3.63) is 0 Å². The minimum atomic E-state index is -3.09. The summed E-state index contributed by atoms with van der Waals surface area (Å²) in [5.41, 5.74) is 0. The third kappa shape index (κ3) is 3.11. The molecule has 0 radical (unpaired) electrons. The molecule has 3 rings (SSSR count). The number of carbonyl (C=O) groups is 1. The van der Waals surface area contributed by atoms with E-state index in [4.69, 9.17) is 0 Å². The first-order valence-corrected chi connectivity index (χ1v) is 10.1. The lowest BCUT2D eigenvalue weighted by Crippen LogP contribution is -2.54. The Labute approximate surface area is 133 Å². The highest BCUT2D eigenvalue weighted by Gasteiger charge is 2.38. The molecule has 0 aromatic heterocycles. The van der Waals surface area contributed by atoms with Gasteiger partial charge in [0.15, 0.2) is 0 Å². The molecule has 1 aliphatic carbocycles. The Morgan fingerprint density at radius 3 is 2.41 bits per heavy atom. The largest absolute Gasteiger partial charge is 0.325 e. The summed E-state index contributed by atoms with van der Waals surface area (Å²) in [6, 6.07) is 0.416. The Hall–Kier alpha value is -0.820. The fraction of sp³-hybridized carbons (Fsp3) is 0.933. The number of hydrogen-bond acceptors (Lipinski definition) is 3. The van der Waals surface area contributed by atoms with Crippen molar-refractivity contribution in [3.8, 4) is 0 Å². The molecule has 1 atom stereocenters. The number of piperidine rings is 1. The van der Waals surface area contributed by atoms with Crippen molar-refractivity contribution in [2.45, 2.75) is 57.0 Å². The summed E-state index contributed by atoms with van der Waals surface area (Å²) < 4.78 is 25.8. The molecule has 2 saturated heterocycles. The number of hydrogen-bond donors (Lipinski definition) is 0. The predicted octanol–water partition coefficient (Wildman–Crippen LogP) is 1.48. The van der Waals surface area contributed by atoms with E-state index in [0.29, 0.717) is 19.1 Å². The Morgan fingerprint density at radius 2 is 1.77 bits per heavy atom. The zero-order chi connectivity index (χ0) is 15.7. The van der Waals surface area contributed by atoms with E-state index in [9.17, 15) is 13.2 Å². The van der Waals surface area contributed by atoms with E-state index in [1.54, 1.807) is 4.31 Å². The highest BCUT2D eigenvalue weighted by molar-refractivity contribution is 7.89. The number of carbonyl (C=O) groups excluding carboxylic acids is 1. The molecular formula is C15H27N3O3S. The van der Waals surface area contributed by atoms with Gasteiger partial charge in [0.2, 0.25) is 10.0 Å². The van der Waals surface area contributed by atoms with Crippen molar-refractivity contribution in [3.63, 3.8) is 0 Å². The second-order valence-electron chi connectivity index (χ2n) is 6.85. The quantitative estimate of drug-likeness (QED) is 0.771. The maximum absolute atomic E-state index is 12.7. The fourth-order valence-electron chi connectivity index (χ4n) is 4.10. The van der Waals surface area contributed by atoms with Gasteiger partial charge in [-0.25, -0.2) is 13.2 Å². The van der Waals surface area contributed by atoms with Crippen LogP contribution in [0.1, 0.15) is 44.9 Å². The van der Waals surface area contributed by atoms with Gasteiger partial charge in [0.1, 0.15) is 0 Å². The molecule has 2 aliphatic heterocycles. The minimum Gasteiger partial charge on any atom is -0.325 e. The molecule has 2 heterocycles. The molecule has 0 unspecified atom stereocenters. The van der Waals surface area contributed by atoms with E-state index in [2.05, 4.69) is 0 Å². The molecule has 22 heavy (non-hydrogen) atoms. The number of rotatable bonds is 2. The van der Waals surface area contributed by atoms with E-state index in [1.807, 2.05) is 16.8 Å². The van der Waals surface area contributed by atoms with Crippen molar-refractivity contribution >= 4 is 16.1 Å². The SMILES string of the molecule is CN(C(=O)N1CCC[C@H](N2CCCS2(=O)=O)C1)C1CCCC1. The zero-order valence-corrected chi connectivity index (χ0v) is 14.2. The van der Waals surface area contributed by atoms with Crippen molar-refractivity contribution < 1.29 is 13.2 Å². The van der Waals surface area contributed by atoms with E-state index in [1.165, 1.54) is 12.8 Å². The first-order chi connectivity index (χ1) is 10.5. The first kappa shape index (κ1) is 16.1. The maximum Gasteiger partial charge on any atom is 0.320 e. The molecule has 6 nitrogen and oxygen atoms in total. The lowest BCUT2D eigenvalue weighted by Gasteiger charge is -2.39. The van der Waals surface area contributed by atoms with Crippen molar-refractivity contribution in [1.82, 2.24) is 14.1 Å². The van der Waals surface area contributed by atoms with Crippen LogP contribution in [0.25, 0.3) is 0 Å². The Balaban J connectivity index is 1.64. The average molecular weight is 329 g/mol. The number of likely N-dealkylation sites (tertiary alicyclic amines) is 1. The maximum atomic E-state index is 12.7. The van der Waals surface area contributed by atoms with Crippen LogP contribution in [-0.4, -0.2) is 73.1 Å². The minimum absolute atomic E-state index is 0.0258. The first-order valence-electron chi connectivity index (χ1n) is 8.50. The van der Waals surface area contributed by atoms with Crippen molar-refractivity contribution in [2.24, 2.45) is 0 Å². The normalized spacial score (nSPS) is 29.9. The summed E-state index contributed by atoms with van der Waals surface area (Å²) in [7, 11) is -1.19. The van der Waals surface area contributed by atoms with Crippen LogP contribution < -0.4 is 0 Å². The van der Waals surface area contributed by atoms with Gasteiger partial charge in [-0.05, 0) is 32.1 Å². The van der Waals surface area contributed by atoms with Crippen LogP contribution in [0.4, 0.5) is 4.79 Å².